The minimum atomic E-state index is -0.999. The standard InChI is InChI=1S/C9H15N3O3S/c1-5(2)8-11-7(15-12-8)4-16-3-6(10)9(13)14/h5-6H,3-4,10H2,1-2H3,(H,13,14)/t6-/m0/s1. The van der Waals surface area contributed by atoms with Crippen molar-refractivity contribution in [2.24, 2.45) is 5.73 Å². The van der Waals surface area contributed by atoms with E-state index in [0.717, 1.165) is 0 Å². The quantitative estimate of drug-likeness (QED) is 0.765. The Hall–Kier alpha value is -1.08. The van der Waals surface area contributed by atoms with Crippen molar-refractivity contribution in [3.8, 4) is 0 Å². The first-order valence-electron chi connectivity index (χ1n) is 4.89. The molecule has 0 saturated heterocycles. The van der Waals surface area contributed by atoms with Crippen LogP contribution in [0, 0.1) is 0 Å². The summed E-state index contributed by atoms with van der Waals surface area (Å²) in [7, 11) is 0. The van der Waals surface area contributed by atoms with Crippen molar-refractivity contribution in [2.45, 2.75) is 31.6 Å². The van der Waals surface area contributed by atoms with Crippen molar-refractivity contribution in [2.75, 3.05) is 5.75 Å². The van der Waals surface area contributed by atoms with Crippen molar-refractivity contribution >= 4 is 17.7 Å². The first-order chi connectivity index (χ1) is 7.50. The Kier molecular flexibility index (Phi) is 4.75. The SMILES string of the molecule is CC(C)c1noc(CSC[C@H](N)C(=O)O)n1. The van der Waals surface area contributed by atoms with Crippen LogP contribution in [0.2, 0.25) is 0 Å². The molecule has 90 valence electrons. The smallest absolute Gasteiger partial charge is 0.321 e. The van der Waals surface area contributed by atoms with Crippen LogP contribution in [0.1, 0.15) is 31.5 Å². The molecular formula is C9H15N3O3S. The Morgan fingerprint density at radius 3 is 2.81 bits per heavy atom. The van der Waals surface area contributed by atoms with Crippen molar-refractivity contribution < 1.29 is 14.4 Å². The molecule has 0 amide bonds. The third-order valence-electron chi connectivity index (χ3n) is 1.84. The number of hydrogen-bond donors (Lipinski definition) is 2. The molecule has 3 N–H and O–H groups in total. The highest BCUT2D eigenvalue weighted by Gasteiger charge is 2.13. The van der Waals surface area contributed by atoms with E-state index >= 15 is 0 Å². The number of nitrogens with zero attached hydrogens (tertiary/aromatic N) is 2. The van der Waals surface area contributed by atoms with E-state index < -0.39 is 12.0 Å². The molecule has 0 fully saturated rings. The van der Waals surface area contributed by atoms with E-state index in [1.54, 1.807) is 0 Å². The highest BCUT2D eigenvalue weighted by molar-refractivity contribution is 7.98. The second-order valence-corrected chi connectivity index (χ2v) is 4.69. The number of rotatable bonds is 6. The maximum Gasteiger partial charge on any atom is 0.321 e. The predicted octanol–water partition coefficient (Wildman–Crippen LogP) is 0.838. The molecule has 0 aliphatic carbocycles. The third kappa shape index (κ3) is 3.82. The summed E-state index contributed by atoms with van der Waals surface area (Å²) in [4.78, 5) is 14.6. The van der Waals surface area contributed by atoms with Crippen LogP contribution in [-0.2, 0) is 10.5 Å². The fourth-order valence-electron chi connectivity index (χ4n) is 0.906. The Labute approximate surface area is 97.6 Å². The molecule has 1 aromatic rings. The van der Waals surface area contributed by atoms with Crippen molar-refractivity contribution in [1.82, 2.24) is 10.1 Å². The van der Waals surface area contributed by atoms with E-state index in [4.69, 9.17) is 15.4 Å². The first-order valence-corrected chi connectivity index (χ1v) is 6.04. The van der Waals surface area contributed by atoms with Gasteiger partial charge < -0.3 is 15.4 Å². The molecule has 1 aromatic heterocycles. The van der Waals surface area contributed by atoms with E-state index in [1.165, 1.54) is 11.8 Å². The Bertz CT molecular complexity index is 354. The van der Waals surface area contributed by atoms with Crippen LogP contribution in [-0.4, -0.2) is 33.0 Å². The number of nitrogens with two attached hydrogens (primary N) is 1. The average molecular weight is 245 g/mol. The highest BCUT2D eigenvalue weighted by atomic mass is 32.2. The molecule has 0 bridgehead atoms. The van der Waals surface area contributed by atoms with Crippen LogP contribution in [0.25, 0.3) is 0 Å². The second-order valence-electron chi connectivity index (χ2n) is 3.66. The van der Waals surface area contributed by atoms with Gasteiger partial charge in [-0.25, -0.2) is 0 Å². The minimum Gasteiger partial charge on any atom is -0.480 e. The molecule has 0 aliphatic heterocycles. The predicted molar refractivity (Wildman–Crippen MR) is 60.2 cm³/mol. The van der Waals surface area contributed by atoms with Gasteiger partial charge in [0.2, 0.25) is 5.89 Å². The summed E-state index contributed by atoms with van der Waals surface area (Å²) >= 11 is 1.37. The molecule has 0 radical (unpaired) electrons. The number of carboxylic acids is 1. The number of hydrogen-bond acceptors (Lipinski definition) is 6. The summed E-state index contributed by atoms with van der Waals surface area (Å²) in [6.45, 7) is 3.95. The van der Waals surface area contributed by atoms with Gasteiger partial charge in [0.1, 0.15) is 6.04 Å². The van der Waals surface area contributed by atoms with Crippen LogP contribution in [0.5, 0.6) is 0 Å². The second kappa shape index (κ2) is 5.86. The maximum absolute atomic E-state index is 10.4. The van der Waals surface area contributed by atoms with Gasteiger partial charge in [0.15, 0.2) is 5.82 Å². The van der Waals surface area contributed by atoms with Gasteiger partial charge in [0.05, 0.1) is 5.75 Å². The summed E-state index contributed by atoms with van der Waals surface area (Å²) in [6, 6.07) is -0.850. The summed E-state index contributed by atoms with van der Waals surface area (Å²) < 4.78 is 5.00. The molecule has 0 unspecified atom stereocenters. The summed E-state index contributed by atoms with van der Waals surface area (Å²) in [5, 5.41) is 12.4. The van der Waals surface area contributed by atoms with Gasteiger partial charge in [-0.3, -0.25) is 4.79 Å². The van der Waals surface area contributed by atoms with Crippen molar-refractivity contribution in [3.05, 3.63) is 11.7 Å². The number of carboxylic acid groups (broad SMARTS) is 1. The van der Waals surface area contributed by atoms with Crippen LogP contribution in [0.15, 0.2) is 4.52 Å². The average Bonchev–Trinajstić information content (AvgIpc) is 2.66. The van der Waals surface area contributed by atoms with Crippen LogP contribution in [0.4, 0.5) is 0 Å². The lowest BCUT2D eigenvalue weighted by Gasteiger charge is -2.03. The molecule has 1 rings (SSSR count). The van der Waals surface area contributed by atoms with E-state index in [9.17, 15) is 4.79 Å². The number of aliphatic carboxylic acids is 1. The molecule has 0 aliphatic rings. The first kappa shape index (κ1) is 13.0. The van der Waals surface area contributed by atoms with E-state index in [0.29, 0.717) is 23.2 Å². The zero-order chi connectivity index (χ0) is 12.1. The van der Waals surface area contributed by atoms with Gasteiger partial charge in [-0.15, -0.1) is 11.8 Å². The summed E-state index contributed by atoms with van der Waals surface area (Å²) in [5.74, 6) is 1.21. The zero-order valence-electron chi connectivity index (χ0n) is 9.21. The van der Waals surface area contributed by atoms with Crippen molar-refractivity contribution in [3.63, 3.8) is 0 Å². The largest absolute Gasteiger partial charge is 0.480 e. The Balaban J connectivity index is 2.34. The molecule has 1 atom stereocenters. The third-order valence-corrected chi connectivity index (χ3v) is 2.89. The molecular weight excluding hydrogens is 230 g/mol. The molecule has 0 spiro atoms. The monoisotopic (exact) mass is 245 g/mol. The number of carbonyl (C=O) groups is 1. The van der Waals surface area contributed by atoms with E-state index in [1.807, 2.05) is 13.8 Å². The van der Waals surface area contributed by atoms with E-state index in [-0.39, 0.29) is 5.92 Å². The molecule has 0 aromatic carbocycles. The molecule has 6 nitrogen and oxygen atoms in total. The van der Waals surface area contributed by atoms with Gasteiger partial charge in [0.25, 0.3) is 0 Å². The normalized spacial score (nSPS) is 13.0. The van der Waals surface area contributed by atoms with Gasteiger partial charge in [-0.1, -0.05) is 19.0 Å². The number of aromatic nitrogens is 2. The zero-order valence-corrected chi connectivity index (χ0v) is 10.0. The topological polar surface area (TPSA) is 102 Å². The maximum atomic E-state index is 10.4. The fourth-order valence-corrected chi connectivity index (χ4v) is 1.71. The van der Waals surface area contributed by atoms with Gasteiger partial charge in [-0.2, -0.15) is 4.98 Å². The highest BCUT2D eigenvalue weighted by Crippen LogP contribution is 2.14. The van der Waals surface area contributed by atoms with Crippen LogP contribution >= 0.6 is 11.8 Å². The summed E-state index contributed by atoms with van der Waals surface area (Å²) in [6.07, 6.45) is 0. The number of thioether (sulfide) groups is 1. The molecule has 7 heteroatoms. The van der Waals surface area contributed by atoms with Gasteiger partial charge in [0, 0.05) is 11.7 Å². The minimum absolute atomic E-state index is 0.226. The fraction of sp³-hybridized carbons (Fsp3) is 0.667. The lowest BCUT2D eigenvalue weighted by atomic mass is 10.2. The Morgan fingerprint density at radius 2 is 2.31 bits per heavy atom. The van der Waals surface area contributed by atoms with Crippen LogP contribution < -0.4 is 5.73 Å². The lowest BCUT2D eigenvalue weighted by molar-refractivity contribution is -0.137. The summed E-state index contributed by atoms with van der Waals surface area (Å²) in [5.41, 5.74) is 5.35. The molecule has 1 heterocycles. The molecule has 16 heavy (non-hydrogen) atoms. The van der Waals surface area contributed by atoms with Crippen LogP contribution in [0.3, 0.4) is 0 Å². The van der Waals surface area contributed by atoms with Gasteiger partial charge in [-0.05, 0) is 0 Å². The van der Waals surface area contributed by atoms with Gasteiger partial charge >= 0.3 is 5.97 Å². The Morgan fingerprint density at radius 1 is 1.62 bits per heavy atom. The molecule has 0 saturated carbocycles. The van der Waals surface area contributed by atoms with E-state index in [2.05, 4.69) is 10.1 Å². The lowest BCUT2D eigenvalue weighted by Crippen LogP contribution is -2.32. The van der Waals surface area contributed by atoms with Crippen molar-refractivity contribution in [1.29, 1.82) is 0 Å².